The Labute approximate surface area is 69.8 Å². The van der Waals surface area contributed by atoms with Gasteiger partial charge in [-0.25, -0.2) is 4.79 Å². The van der Waals surface area contributed by atoms with Crippen LogP contribution in [0.2, 0.25) is 0 Å². The van der Waals surface area contributed by atoms with Gasteiger partial charge in [0.1, 0.15) is 11.5 Å². The normalized spacial score (nSPS) is 10.5. The molecular weight excluding hydrogens is 158 g/mol. The molecule has 0 amide bonds. The summed E-state index contributed by atoms with van der Waals surface area (Å²) < 4.78 is 9.17. The Kier molecular flexibility index (Phi) is 2.63. The molecule has 12 heavy (non-hydrogen) atoms. The zero-order valence-corrected chi connectivity index (χ0v) is 6.90. The topological polar surface area (TPSA) is 52.3 Å². The Morgan fingerprint density at radius 2 is 2.50 bits per heavy atom. The molecule has 4 heteroatoms. The molecule has 0 aliphatic carbocycles. The van der Waals surface area contributed by atoms with E-state index < -0.39 is 5.97 Å². The second-order valence-electron chi connectivity index (χ2n) is 2.22. The quantitative estimate of drug-likeness (QED) is 0.490. The Bertz CT molecular complexity index is 301. The third kappa shape index (κ3) is 2.23. The Balaban J connectivity index is 2.63. The average Bonchev–Trinajstić information content (AvgIpc) is 2.47. The molecular formula is C8H9NO3. The van der Waals surface area contributed by atoms with Gasteiger partial charge in [0.2, 0.25) is 0 Å². The van der Waals surface area contributed by atoms with Gasteiger partial charge in [0, 0.05) is 12.1 Å². The Hall–Kier alpha value is -1.58. The molecule has 1 heterocycles. The van der Waals surface area contributed by atoms with E-state index in [4.69, 9.17) is 4.52 Å². The molecule has 0 atom stereocenters. The highest BCUT2D eigenvalue weighted by atomic mass is 16.5. The standard InChI is InChI=1S/C8H9NO3/c1-6-5-7(9-12-6)3-4-8(10)11-2/h3-5H,1-2H3/b4-3+. The number of hydrogen-bond donors (Lipinski definition) is 0. The van der Waals surface area contributed by atoms with E-state index in [-0.39, 0.29) is 0 Å². The van der Waals surface area contributed by atoms with Gasteiger partial charge >= 0.3 is 5.97 Å². The van der Waals surface area contributed by atoms with Gasteiger partial charge in [-0.05, 0) is 13.0 Å². The molecule has 0 unspecified atom stereocenters. The van der Waals surface area contributed by atoms with Gasteiger partial charge in [-0.15, -0.1) is 0 Å². The molecule has 0 saturated heterocycles. The van der Waals surface area contributed by atoms with Crippen molar-refractivity contribution >= 4 is 12.0 Å². The highest BCUT2D eigenvalue weighted by molar-refractivity contribution is 5.86. The number of hydrogen-bond acceptors (Lipinski definition) is 4. The highest BCUT2D eigenvalue weighted by Gasteiger charge is 1.96. The summed E-state index contributed by atoms with van der Waals surface area (Å²) in [4.78, 5) is 10.6. The lowest BCUT2D eigenvalue weighted by atomic mass is 10.3. The van der Waals surface area contributed by atoms with Crippen LogP contribution >= 0.6 is 0 Å². The first-order valence-corrected chi connectivity index (χ1v) is 3.41. The van der Waals surface area contributed by atoms with Crippen LogP contribution in [0, 0.1) is 6.92 Å². The number of aromatic nitrogens is 1. The number of esters is 1. The molecule has 0 saturated carbocycles. The molecule has 0 fully saturated rings. The summed E-state index contributed by atoms with van der Waals surface area (Å²) in [5.74, 6) is 0.301. The van der Waals surface area contributed by atoms with Crippen LogP contribution in [-0.4, -0.2) is 18.2 Å². The number of aryl methyl sites for hydroxylation is 1. The van der Waals surface area contributed by atoms with E-state index in [0.717, 1.165) is 0 Å². The minimum absolute atomic E-state index is 0.407. The van der Waals surface area contributed by atoms with E-state index >= 15 is 0 Å². The van der Waals surface area contributed by atoms with Crippen LogP contribution in [0.25, 0.3) is 6.08 Å². The zero-order valence-electron chi connectivity index (χ0n) is 6.90. The molecule has 1 aromatic heterocycles. The molecule has 0 aliphatic heterocycles. The maximum Gasteiger partial charge on any atom is 0.330 e. The van der Waals surface area contributed by atoms with Crippen molar-refractivity contribution in [3.8, 4) is 0 Å². The third-order valence-electron chi connectivity index (χ3n) is 1.24. The third-order valence-corrected chi connectivity index (χ3v) is 1.24. The van der Waals surface area contributed by atoms with Crippen LogP contribution in [0.3, 0.4) is 0 Å². The first-order valence-electron chi connectivity index (χ1n) is 3.41. The predicted molar refractivity (Wildman–Crippen MR) is 42.3 cm³/mol. The van der Waals surface area contributed by atoms with Gasteiger partial charge < -0.3 is 9.26 Å². The van der Waals surface area contributed by atoms with E-state index in [1.54, 1.807) is 13.0 Å². The van der Waals surface area contributed by atoms with Crippen molar-refractivity contribution in [3.05, 3.63) is 23.6 Å². The van der Waals surface area contributed by atoms with Crippen molar-refractivity contribution < 1.29 is 14.1 Å². The summed E-state index contributed by atoms with van der Waals surface area (Å²) in [7, 11) is 1.32. The van der Waals surface area contributed by atoms with Gasteiger partial charge in [-0.3, -0.25) is 0 Å². The molecule has 4 nitrogen and oxygen atoms in total. The van der Waals surface area contributed by atoms with Gasteiger partial charge in [0.05, 0.1) is 7.11 Å². The van der Waals surface area contributed by atoms with Crippen LogP contribution in [-0.2, 0) is 9.53 Å². The van der Waals surface area contributed by atoms with Gasteiger partial charge in [-0.1, -0.05) is 5.16 Å². The number of ether oxygens (including phenoxy) is 1. The summed E-state index contributed by atoms with van der Waals surface area (Å²) in [6, 6.07) is 1.72. The second-order valence-corrected chi connectivity index (χ2v) is 2.22. The van der Waals surface area contributed by atoms with Crippen molar-refractivity contribution in [2.45, 2.75) is 6.92 Å². The largest absolute Gasteiger partial charge is 0.466 e. The summed E-state index contributed by atoms with van der Waals surface area (Å²) >= 11 is 0. The molecule has 0 radical (unpaired) electrons. The van der Waals surface area contributed by atoms with E-state index in [1.807, 2.05) is 0 Å². The minimum atomic E-state index is -0.407. The Morgan fingerprint density at radius 3 is 3.00 bits per heavy atom. The number of nitrogens with zero attached hydrogens (tertiary/aromatic N) is 1. The van der Waals surface area contributed by atoms with E-state index in [1.165, 1.54) is 19.3 Å². The van der Waals surface area contributed by atoms with Crippen LogP contribution in [0.5, 0.6) is 0 Å². The summed E-state index contributed by atoms with van der Waals surface area (Å²) in [6.45, 7) is 1.78. The lowest BCUT2D eigenvalue weighted by Gasteiger charge is -1.86. The van der Waals surface area contributed by atoms with Crippen molar-refractivity contribution in [2.24, 2.45) is 0 Å². The molecule has 0 aliphatic rings. The fourth-order valence-corrected chi connectivity index (χ4v) is 0.686. The van der Waals surface area contributed by atoms with E-state index in [0.29, 0.717) is 11.5 Å². The zero-order chi connectivity index (χ0) is 8.97. The van der Waals surface area contributed by atoms with E-state index in [9.17, 15) is 4.79 Å². The molecule has 1 rings (SSSR count). The van der Waals surface area contributed by atoms with Crippen LogP contribution < -0.4 is 0 Å². The molecule has 1 aromatic rings. The van der Waals surface area contributed by atoms with Crippen molar-refractivity contribution in [3.63, 3.8) is 0 Å². The summed E-state index contributed by atoms with van der Waals surface area (Å²) in [5, 5.41) is 3.65. The molecule has 64 valence electrons. The fourth-order valence-electron chi connectivity index (χ4n) is 0.686. The lowest BCUT2D eigenvalue weighted by Crippen LogP contribution is -1.93. The average molecular weight is 167 g/mol. The van der Waals surface area contributed by atoms with Crippen molar-refractivity contribution in [2.75, 3.05) is 7.11 Å². The molecule has 0 spiro atoms. The fraction of sp³-hybridized carbons (Fsp3) is 0.250. The number of carbonyl (C=O) groups is 1. The van der Waals surface area contributed by atoms with Gasteiger partial charge in [0.15, 0.2) is 0 Å². The summed E-state index contributed by atoms with van der Waals surface area (Å²) in [5.41, 5.74) is 0.609. The first-order chi connectivity index (χ1) is 5.72. The minimum Gasteiger partial charge on any atom is -0.466 e. The second kappa shape index (κ2) is 3.71. The maximum atomic E-state index is 10.6. The van der Waals surface area contributed by atoms with E-state index in [2.05, 4.69) is 9.89 Å². The molecule has 0 bridgehead atoms. The van der Waals surface area contributed by atoms with Crippen LogP contribution in [0.4, 0.5) is 0 Å². The Morgan fingerprint density at radius 1 is 1.75 bits per heavy atom. The van der Waals surface area contributed by atoms with Gasteiger partial charge in [-0.2, -0.15) is 0 Å². The van der Waals surface area contributed by atoms with Crippen LogP contribution in [0.15, 0.2) is 16.7 Å². The van der Waals surface area contributed by atoms with Crippen LogP contribution in [0.1, 0.15) is 11.5 Å². The number of carbonyl (C=O) groups excluding carboxylic acids is 1. The highest BCUT2D eigenvalue weighted by Crippen LogP contribution is 2.02. The number of methoxy groups -OCH3 is 1. The van der Waals surface area contributed by atoms with Crippen molar-refractivity contribution in [1.82, 2.24) is 5.16 Å². The number of rotatable bonds is 2. The molecule has 0 aromatic carbocycles. The monoisotopic (exact) mass is 167 g/mol. The molecule has 0 N–H and O–H groups in total. The van der Waals surface area contributed by atoms with Gasteiger partial charge in [0.25, 0.3) is 0 Å². The SMILES string of the molecule is COC(=O)/C=C/c1cc(C)on1. The predicted octanol–water partition coefficient (Wildman–Crippen LogP) is 1.17. The van der Waals surface area contributed by atoms with Crippen molar-refractivity contribution in [1.29, 1.82) is 0 Å². The smallest absolute Gasteiger partial charge is 0.330 e. The maximum absolute atomic E-state index is 10.6. The lowest BCUT2D eigenvalue weighted by molar-refractivity contribution is -0.134. The first kappa shape index (κ1) is 8.52. The summed E-state index contributed by atoms with van der Waals surface area (Å²) in [6.07, 6.45) is 2.82.